The minimum atomic E-state index is -0.974. The smallest absolute Gasteiger partial charge is 0.301 e. The van der Waals surface area contributed by atoms with Crippen LogP contribution in [0.5, 0.6) is 23.0 Å². The van der Waals surface area contributed by atoms with E-state index in [0.29, 0.717) is 58.0 Å². The van der Waals surface area contributed by atoms with Crippen molar-refractivity contribution in [3.63, 3.8) is 0 Å². The first-order valence-corrected chi connectivity index (χ1v) is 14.5. The standard InChI is InChI=1S/C32H32N2O7S/c1-5-7-16-41-24-15-10-20(17-25(24)39-4)28-27(29(35)19-8-11-21(12-9-19)40-6-2)30(36)31(37)34(28)32-33-23-14-13-22(38-3)18-26(23)42-32/h8-15,17-18,28,35H,5-7,16H2,1-4H3. The van der Waals surface area contributed by atoms with Crippen LogP contribution in [0, 0.1) is 0 Å². The summed E-state index contributed by atoms with van der Waals surface area (Å²) in [6.45, 7) is 4.97. The van der Waals surface area contributed by atoms with Crippen molar-refractivity contribution in [2.75, 3.05) is 32.3 Å². The topological polar surface area (TPSA) is 107 Å². The number of ketones is 1. The molecule has 1 atom stereocenters. The number of anilines is 1. The molecule has 0 bridgehead atoms. The van der Waals surface area contributed by atoms with Gasteiger partial charge in [-0.1, -0.05) is 30.7 Å². The number of fused-ring (bicyclic) bond motifs is 1. The molecule has 2 heterocycles. The SMILES string of the molecule is CCCCOc1ccc(C2C(=C(O)c3ccc(OCC)cc3)C(=O)C(=O)N2c2nc3ccc(OC)cc3s2)cc1OC. The van der Waals surface area contributed by atoms with Crippen LogP contribution in [0.15, 0.2) is 66.2 Å². The average molecular weight is 589 g/mol. The number of nitrogens with zero attached hydrogens (tertiary/aromatic N) is 2. The lowest BCUT2D eigenvalue weighted by molar-refractivity contribution is -0.132. The van der Waals surface area contributed by atoms with Crippen molar-refractivity contribution in [3.8, 4) is 23.0 Å². The van der Waals surface area contributed by atoms with Crippen LogP contribution in [-0.2, 0) is 9.59 Å². The fourth-order valence-corrected chi connectivity index (χ4v) is 5.82. The summed E-state index contributed by atoms with van der Waals surface area (Å²) >= 11 is 1.26. The van der Waals surface area contributed by atoms with Gasteiger partial charge in [0.05, 0.1) is 49.3 Å². The van der Waals surface area contributed by atoms with Crippen molar-refractivity contribution in [2.24, 2.45) is 0 Å². The summed E-state index contributed by atoms with van der Waals surface area (Å²) < 4.78 is 23.2. The molecule has 1 saturated heterocycles. The van der Waals surface area contributed by atoms with Crippen LogP contribution in [0.3, 0.4) is 0 Å². The summed E-state index contributed by atoms with van der Waals surface area (Å²) in [6, 6.07) is 16.4. The Bertz CT molecular complexity index is 1640. The molecule has 3 aromatic carbocycles. The number of ether oxygens (including phenoxy) is 4. The second-order valence-corrected chi connectivity index (χ2v) is 10.6. The number of carbonyl (C=O) groups excluding carboxylic acids is 2. The Morgan fingerprint density at radius 1 is 0.929 bits per heavy atom. The second kappa shape index (κ2) is 12.5. The number of rotatable bonds is 11. The van der Waals surface area contributed by atoms with Crippen LogP contribution in [-0.4, -0.2) is 49.2 Å². The lowest BCUT2D eigenvalue weighted by Crippen LogP contribution is -2.29. The van der Waals surface area contributed by atoms with Gasteiger partial charge >= 0.3 is 5.91 Å². The molecule has 0 aliphatic carbocycles. The lowest BCUT2D eigenvalue weighted by Gasteiger charge is -2.24. The maximum absolute atomic E-state index is 13.7. The zero-order valence-corrected chi connectivity index (χ0v) is 24.7. The van der Waals surface area contributed by atoms with Gasteiger partial charge in [-0.2, -0.15) is 0 Å². The molecule has 10 heteroatoms. The largest absolute Gasteiger partial charge is 0.507 e. The number of thiazole rings is 1. The normalized spacial score (nSPS) is 16.2. The molecular formula is C32H32N2O7S. The molecule has 1 aliphatic heterocycles. The molecule has 0 saturated carbocycles. The highest BCUT2D eigenvalue weighted by Crippen LogP contribution is 2.46. The fourth-order valence-electron chi connectivity index (χ4n) is 4.80. The van der Waals surface area contributed by atoms with Gasteiger partial charge in [0.25, 0.3) is 5.78 Å². The Morgan fingerprint density at radius 2 is 1.69 bits per heavy atom. The molecule has 5 rings (SSSR count). The van der Waals surface area contributed by atoms with E-state index in [2.05, 4.69) is 11.9 Å². The number of Topliss-reactive ketones (excluding diaryl/α,β-unsaturated/α-hetero) is 1. The first-order chi connectivity index (χ1) is 20.4. The third-order valence-corrected chi connectivity index (χ3v) is 7.95. The fraction of sp³-hybridized carbons (Fsp3) is 0.281. The van der Waals surface area contributed by atoms with Crippen molar-refractivity contribution >= 4 is 44.1 Å². The minimum Gasteiger partial charge on any atom is -0.507 e. The van der Waals surface area contributed by atoms with E-state index in [1.54, 1.807) is 61.7 Å². The number of aliphatic hydroxyl groups is 1. The summed E-state index contributed by atoms with van der Waals surface area (Å²) in [5.74, 6) is 0.365. The van der Waals surface area contributed by atoms with Gasteiger partial charge in [0.15, 0.2) is 16.6 Å². The molecule has 4 aromatic rings. The number of methoxy groups -OCH3 is 2. The van der Waals surface area contributed by atoms with Crippen LogP contribution in [0.1, 0.15) is 43.9 Å². The van der Waals surface area contributed by atoms with Crippen LogP contribution >= 0.6 is 11.3 Å². The highest BCUT2D eigenvalue weighted by molar-refractivity contribution is 7.22. The van der Waals surface area contributed by atoms with Crippen molar-refractivity contribution in [1.82, 2.24) is 4.98 Å². The monoisotopic (exact) mass is 588 g/mol. The molecule has 0 spiro atoms. The quantitative estimate of drug-likeness (QED) is 0.0914. The number of aromatic nitrogens is 1. The Labute approximate surface area is 247 Å². The van der Waals surface area contributed by atoms with Crippen molar-refractivity contribution in [1.29, 1.82) is 0 Å². The number of unbranched alkanes of at least 4 members (excludes halogenated alkanes) is 1. The van der Waals surface area contributed by atoms with E-state index in [0.717, 1.165) is 17.5 Å². The van der Waals surface area contributed by atoms with Crippen LogP contribution < -0.4 is 23.8 Å². The van der Waals surface area contributed by atoms with E-state index in [1.165, 1.54) is 23.3 Å². The predicted octanol–water partition coefficient (Wildman–Crippen LogP) is 6.52. The third-order valence-electron chi connectivity index (χ3n) is 6.93. The number of benzene rings is 3. The molecule has 0 radical (unpaired) electrons. The minimum absolute atomic E-state index is 0.0531. The number of carbonyl (C=O) groups is 2. The number of aliphatic hydroxyl groups excluding tert-OH is 1. The second-order valence-electron chi connectivity index (χ2n) is 9.57. The number of amides is 1. The molecule has 1 aliphatic rings. The van der Waals surface area contributed by atoms with E-state index < -0.39 is 17.7 Å². The maximum Gasteiger partial charge on any atom is 0.301 e. The van der Waals surface area contributed by atoms with E-state index in [-0.39, 0.29) is 11.3 Å². The van der Waals surface area contributed by atoms with Crippen molar-refractivity contribution < 1.29 is 33.6 Å². The highest BCUT2D eigenvalue weighted by atomic mass is 32.1. The molecule has 1 N–H and O–H groups in total. The van der Waals surface area contributed by atoms with E-state index in [1.807, 2.05) is 13.0 Å². The average Bonchev–Trinajstić information content (AvgIpc) is 3.54. The number of hydrogen-bond acceptors (Lipinski definition) is 9. The van der Waals surface area contributed by atoms with Gasteiger partial charge < -0.3 is 24.1 Å². The Morgan fingerprint density at radius 3 is 2.38 bits per heavy atom. The van der Waals surface area contributed by atoms with Crippen LogP contribution in [0.2, 0.25) is 0 Å². The predicted molar refractivity (Wildman–Crippen MR) is 162 cm³/mol. The maximum atomic E-state index is 13.7. The van der Waals surface area contributed by atoms with Gasteiger partial charge in [-0.15, -0.1) is 0 Å². The first-order valence-electron chi connectivity index (χ1n) is 13.7. The summed E-state index contributed by atoms with van der Waals surface area (Å²) in [7, 11) is 3.11. The van der Waals surface area contributed by atoms with Gasteiger partial charge in [-0.05, 0) is 73.5 Å². The Kier molecular flexibility index (Phi) is 8.63. The molecule has 42 heavy (non-hydrogen) atoms. The summed E-state index contributed by atoms with van der Waals surface area (Å²) in [5.41, 5.74) is 1.53. The zero-order chi connectivity index (χ0) is 29.8. The Balaban J connectivity index is 1.66. The molecule has 218 valence electrons. The van der Waals surface area contributed by atoms with Crippen molar-refractivity contribution in [3.05, 3.63) is 77.4 Å². The third kappa shape index (κ3) is 5.49. The van der Waals surface area contributed by atoms with Gasteiger partial charge in [-0.25, -0.2) is 4.98 Å². The Hall–Kier alpha value is -4.57. The van der Waals surface area contributed by atoms with E-state index in [9.17, 15) is 14.7 Å². The molecule has 1 unspecified atom stereocenters. The van der Waals surface area contributed by atoms with Crippen molar-refractivity contribution in [2.45, 2.75) is 32.7 Å². The lowest BCUT2D eigenvalue weighted by atomic mass is 9.95. The van der Waals surface area contributed by atoms with Gasteiger partial charge in [-0.3, -0.25) is 14.5 Å². The van der Waals surface area contributed by atoms with Crippen LogP contribution in [0.4, 0.5) is 5.13 Å². The van der Waals surface area contributed by atoms with Crippen LogP contribution in [0.25, 0.3) is 16.0 Å². The molecule has 1 amide bonds. The van der Waals surface area contributed by atoms with Gasteiger partial charge in [0, 0.05) is 5.56 Å². The molecule has 9 nitrogen and oxygen atoms in total. The van der Waals surface area contributed by atoms with Gasteiger partial charge in [0.1, 0.15) is 17.3 Å². The first kappa shape index (κ1) is 28.9. The van der Waals surface area contributed by atoms with Gasteiger partial charge in [0.2, 0.25) is 0 Å². The zero-order valence-electron chi connectivity index (χ0n) is 23.9. The summed E-state index contributed by atoms with van der Waals surface area (Å²) in [5, 5.41) is 11.8. The van der Waals surface area contributed by atoms with E-state index >= 15 is 0 Å². The molecule has 1 fully saturated rings. The summed E-state index contributed by atoms with van der Waals surface area (Å²) in [6.07, 6.45) is 1.87. The molecular weight excluding hydrogens is 556 g/mol. The molecule has 1 aromatic heterocycles. The van der Waals surface area contributed by atoms with E-state index in [4.69, 9.17) is 18.9 Å². The number of hydrogen-bond donors (Lipinski definition) is 1. The summed E-state index contributed by atoms with van der Waals surface area (Å²) in [4.78, 5) is 33.3. The highest BCUT2D eigenvalue weighted by Gasteiger charge is 2.48.